The average Bonchev–Trinajstić information content (AvgIpc) is 2.29. The zero-order valence-corrected chi connectivity index (χ0v) is 8.93. The van der Waals surface area contributed by atoms with Crippen LogP contribution in [0.3, 0.4) is 0 Å². The van der Waals surface area contributed by atoms with Crippen LogP contribution in [0.2, 0.25) is 0 Å². The molecule has 0 saturated carbocycles. The number of benzene rings is 1. The van der Waals surface area contributed by atoms with Crippen LogP contribution in [0.15, 0.2) is 29.2 Å². The fraction of sp³-hybridized carbons (Fsp3) is 0.455. The second kappa shape index (κ2) is 5.39. The minimum atomic E-state index is 0.874. The maximum Gasteiger partial charge on any atom is 0.0594 e. The molecular weight excluding hydrogens is 194 g/mol. The van der Waals surface area contributed by atoms with Crippen LogP contribution in [-0.2, 0) is 4.74 Å². The van der Waals surface area contributed by atoms with E-state index in [2.05, 4.69) is 23.1 Å². The van der Waals surface area contributed by atoms with E-state index in [0.717, 1.165) is 32.2 Å². The van der Waals surface area contributed by atoms with Gasteiger partial charge in [0.1, 0.15) is 0 Å². The predicted molar refractivity (Wildman–Crippen MR) is 58.4 cm³/mol. The summed E-state index contributed by atoms with van der Waals surface area (Å²) in [6.45, 7) is 3.86. The Morgan fingerprint density at radius 3 is 2.93 bits per heavy atom. The number of ether oxygens (including phenoxy) is 1. The third-order valence-electron chi connectivity index (χ3n) is 2.19. The summed E-state index contributed by atoms with van der Waals surface area (Å²) in [4.78, 5) is 3.63. The molecule has 0 aliphatic carbocycles. The first-order valence-corrected chi connectivity index (χ1v) is 5.83. The van der Waals surface area contributed by atoms with Crippen molar-refractivity contribution < 1.29 is 4.74 Å². The Morgan fingerprint density at radius 2 is 2.21 bits per heavy atom. The highest BCUT2D eigenvalue weighted by molar-refractivity contribution is 7.99. The van der Waals surface area contributed by atoms with Crippen molar-refractivity contribution in [2.75, 3.05) is 32.2 Å². The molecule has 0 aromatic heterocycles. The predicted octanol–water partition coefficient (Wildman–Crippen LogP) is 1.87. The Morgan fingerprint density at radius 1 is 1.36 bits per heavy atom. The zero-order chi connectivity index (χ0) is 9.64. The van der Waals surface area contributed by atoms with E-state index in [1.807, 2.05) is 23.9 Å². The number of morpholine rings is 1. The zero-order valence-electron chi connectivity index (χ0n) is 8.11. The van der Waals surface area contributed by atoms with E-state index in [4.69, 9.17) is 4.74 Å². The molecular formula is C11H14NOS. The lowest BCUT2D eigenvalue weighted by molar-refractivity contribution is 0.0474. The smallest absolute Gasteiger partial charge is 0.0594 e. The summed E-state index contributed by atoms with van der Waals surface area (Å²) >= 11 is 1.84. The summed E-state index contributed by atoms with van der Waals surface area (Å²) in [6, 6.07) is 11.3. The van der Waals surface area contributed by atoms with Crippen molar-refractivity contribution in [1.29, 1.82) is 0 Å². The molecule has 3 heteroatoms. The highest BCUT2D eigenvalue weighted by atomic mass is 32.2. The molecule has 75 valence electrons. The molecule has 1 aliphatic heterocycles. The first-order valence-electron chi connectivity index (χ1n) is 4.85. The lowest BCUT2D eigenvalue weighted by atomic mass is 10.4. The van der Waals surface area contributed by atoms with E-state index < -0.39 is 0 Å². The van der Waals surface area contributed by atoms with Gasteiger partial charge in [-0.3, -0.25) is 4.90 Å². The van der Waals surface area contributed by atoms with Crippen LogP contribution >= 0.6 is 11.8 Å². The van der Waals surface area contributed by atoms with E-state index in [-0.39, 0.29) is 0 Å². The van der Waals surface area contributed by atoms with Crippen molar-refractivity contribution in [3.63, 3.8) is 0 Å². The van der Waals surface area contributed by atoms with Gasteiger partial charge < -0.3 is 4.74 Å². The molecule has 1 saturated heterocycles. The molecule has 1 radical (unpaired) electrons. The van der Waals surface area contributed by atoms with Crippen molar-refractivity contribution in [2.45, 2.75) is 4.90 Å². The molecule has 0 spiro atoms. The van der Waals surface area contributed by atoms with Crippen molar-refractivity contribution in [3.05, 3.63) is 30.3 Å². The molecule has 0 atom stereocenters. The van der Waals surface area contributed by atoms with Gasteiger partial charge in [0, 0.05) is 23.9 Å². The quantitative estimate of drug-likeness (QED) is 0.704. The van der Waals surface area contributed by atoms with Gasteiger partial charge >= 0.3 is 0 Å². The van der Waals surface area contributed by atoms with Gasteiger partial charge in [-0.1, -0.05) is 18.2 Å². The van der Waals surface area contributed by atoms with Gasteiger partial charge in [-0.15, -0.1) is 11.8 Å². The second-order valence-corrected chi connectivity index (χ2v) is 4.22. The molecule has 0 bridgehead atoms. The van der Waals surface area contributed by atoms with Gasteiger partial charge in [-0.25, -0.2) is 0 Å². The summed E-state index contributed by atoms with van der Waals surface area (Å²) in [7, 11) is 0. The highest BCUT2D eigenvalue weighted by Crippen LogP contribution is 2.17. The molecule has 1 aliphatic rings. The van der Waals surface area contributed by atoms with Crippen LogP contribution in [0, 0.1) is 6.07 Å². The van der Waals surface area contributed by atoms with Gasteiger partial charge in [0.25, 0.3) is 0 Å². The summed E-state index contributed by atoms with van der Waals surface area (Å²) in [5.41, 5.74) is 0. The molecule has 2 nitrogen and oxygen atoms in total. The minimum Gasteiger partial charge on any atom is -0.379 e. The van der Waals surface area contributed by atoms with Crippen molar-refractivity contribution in [3.8, 4) is 0 Å². The fourth-order valence-corrected chi connectivity index (χ4v) is 2.26. The van der Waals surface area contributed by atoms with Crippen LogP contribution in [0.5, 0.6) is 0 Å². The maximum absolute atomic E-state index is 5.29. The Balaban J connectivity index is 1.76. The fourth-order valence-electron chi connectivity index (χ4n) is 1.36. The van der Waals surface area contributed by atoms with Crippen LogP contribution in [0.25, 0.3) is 0 Å². The third-order valence-corrected chi connectivity index (χ3v) is 3.25. The van der Waals surface area contributed by atoms with Crippen LogP contribution in [0.4, 0.5) is 0 Å². The molecule has 0 unspecified atom stereocenters. The van der Waals surface area contributed by atoms with Gasteiger partial charge in [0.05, 0.1) is 13.2 Å². The molecule has 2 rings (SSSR count). The standard InChI is InChI=1S/C11H14NOS/c1-2-4-11(5-3-1)14-10-12-6-8-13-9-7-12/h1-4H,6-10H2. The Kier molecular flexibility index (Phi) is 3.86. The summed E-state index contributed by atoms with van der Waals surface area (Å²) in [6.07, 6.45) is 0. The van der Waals surface area contributed by atoms with E-state index >= 15 is 0 Å². The number of hydrogen-bond donors (Lipinski definition) is 0. The summed E-state index contributed by atoms with van der Waals surface area (Å²) in [5.74, 6) is 1.05. The third kappa shape index (κ3) is 3.01. The van der Waals surface area contributed by atoms with Gasteiger partial charge in [-0.2, -0.15) is 0 Å². The summed E-state index contributed by atoms with van der Waals surface area (Å²) < 4.78 is 5.29. The normalized spacial score (nSPS) is 18.3. The lowest BCUT2D eigenvalue weighted by Gasteiger charge is -2.25. The van der Waals surface area contributed by atoms with E-state index in [9.17, 15) is 0 Å². The average molecular weight is 208 g/mol. The Hall–Kier alpha value is -0.510. The Labute approximate surface area is 89.2 Å². The molecule has 14 heavy (non-hydrogen) atoms. The molecule has 0 N–H and O–H groups in total. The molecule has 1 fully saturated rings. The molecule has 1 aromatic rings. The van der Waals surface area contributed by atoms with E-state index in [1.54, 1.807) is 0 Å². The minimum absolute atomic E-state index is 0.874. The molecule has 1 aromatic carbocycles. The van der Waals surface area contributed by atoms with Gasteiger partial charge in [0.15, 0.2) is 0 Å². The first kappa shape index (κ1) is 10.0. The van der Waals surface area contributed by atoms with Gasteiger partial charge in [0.2, 0.25) is 0 Å². The maximum atomic E-state index is 5.29. The van der Waals surface area contributed by atoms with Gasteiger partial charge in [-0.05, 0) is 12.1 Å². The van der Waals surface area contributed by atoms with E-state index in [1.165, 1.54) is 4.90 Å². The van der Waals surface area contributed by atoms with Crippen LogP contribution in [-0.4, -0.2) is 37.1 Å². The second-order valence-electron chi connectivity index (χ2n) is 3.23. The van der Waals surface area contributed by atoms with E-state index in [0.29, 0.717) is 0 Å². The van der Waals surface area contributed by atoms with Crippen molar-refractivity contribution >= 4 is 11.8 Å². The SMILES string of the molecule is [c]1ccccc1SCN1CCOCC1. The largest absolute Gasteiger partial charge is 0.379 e. The molecule has 1 heterocycles. The lowest BCUT2D eigenvalue weighted by Crippen LogP contribution is -2.35. The number of thioether (sulfide) groups is 1. The number of nitrogens with zero attached hydrogens (tertiary/aromatic N) is 1. The number of rotatable bonds is 3. The van der Waals surface area contributed by atoms with Crippen molar-refractivity contribution in [2.24, 2.45) is 0 Å². The van der Waals surface area contributed by atoms with Crippen LogP contribution < -0.4 is 0 Å². The topological polar surface area (TPSA) is 12.5 Å². The van der Waals surface area contributed by atoms with Crippen LogP contribution in [0.1, 0.15) is 0 Å². The first-order chi connectivity index (χ1) is 6.95. The highest BCUT2D eigenvalue weighted by Gasteiger charge is 2.09. The number of hydrogen-bond acceptors (Lipinski definition) is 3. The Bertz CT molecular complexity index is 259. The summed E-state index contributed by atoms with van der Waals surface area (Å²) in [5, 5.41) is 0. The molecule has 0 amide bonds. The van der Waals surface area contributed by atoms with Crippen molar-refractivity contribution in [1.82, 2.24) is 4.90 Å². The monoisotopic (exact) mass is 208 g/mol.